The molecule has 1 aliphatic heterocycles. The van der Waals surface area contributed by atoms with Crippen molar-refractivity contribution >= 4 is 34.9 Å². The van der Waals surface area contributed by atoms with E-state index in [2.05, 4.69) is 31.2 Å². The second-order valence-electron chi connectivity index (χ2n) is 7.74. The number of ether oxygens (including phenoxy) is 3. The number of anilines is 3. The summed E-state index contributed by atoms with van der Waals surface area (Å²) in [5.41, 5.74) is 1.73. The van der Waals surface area contributed by atoms with Gasteiger partial charge in [-0.1, -0.05) is 23.9 Å². The third-order valence-electron chi connectivity index (χ3n) is 5.66. The number of hydrogen-bond donors (Lipinski definition) is 1. The Labute approximate surface area is 209 Å². The highest BCUT2D eigenvalue weighted by Gasteiger charge is 2.23. The van der Waals surface area contributed by atoms with Gasteiger partial charge in [0.2, 0.25) is 5.91 Å². The van der Waals surface area contributed by atoms with Gasteiger partial charge in [0.15, 0.2) is 17.3 Å². The SMILES string of the molecule is COc1ccc(NC(=O)CSc2nccnc2N2CCN(c3ccccc3OC)CC2)cc1OC. The summed E-state index contributed by atoms with van der Waals surface area (Å²) in [5, 5.41) is 3.63. The van der Waals surface area contributed by atoms with Crippen LogP contribution in [0.1, 0.15) is 0 Å². The molecule has 2 heterocycles. The third-order valence-corrected chi connectivity index (χ3v) is 6.63. The third kappa shape index (κ3) is 5.89. The van der Waals surface area contributed by atoms with Crippen LogP contribution in [0.5, 0.6) is 17.2 Å². The van der Waals surface area contributed by atoms with E-state index in [1.165, 1.54) is 11.8 Å². The monoisotopic (exact) mass is 495 g/mol. The Morgan fingerprint density at radius 2 is 1.57 bits per heavy atom. The van der Waals surface area contributed by atoms with Gasteiger partial charge < -0.3 is 29.3 Å². The number of carbonyl (C=O) groups is 1. The van der Waals surface area contributed by atoms with Crippen LogP contribution in [0.2, 0.25) is 0 Å². The van der Waals surface area contributed by atoms with E-state index in [-0.39, 0.29) is 11.7 Å². The minimum atomic E-state index is -0.139. The Hall–Kier alpha value is -3.66. The van der Waals surface area contributed by atoms with E-state index >= 15 is 0 Å². The summed E-state index contributed by atoms with van der Waals surface area (Å²) < 4.78 is 16.1. The zero-order chi connectivity index (χ0) is 24.6. The van der Waals surface area contributed by atoms with Crippen molar-refractivity contribution in [3.8, 4) is 17.2 Å². The molecule has 3 aromatic rings. The van der Waals surface area contributed by atoms with Crippen molar-refractivity contribution < 1.29 is 19.0 Å². The summed E-state index contributed by atoms with van der Waals surface area (Å²) in [4.78, 5) is 26.2. The van der Waals surface area contributed by atoms with Gasteiger partial charge in [-0.25, -0.2) is 9.97 Å². The molecule has 1 aliphatic rings. The van der Waals surface area contributed by atoms with Gasteiger partial charge in [-0.2, -0.15) is 0 Å². The molecule has 1 saturated heterocycles. The van der Waals surface area contributed by atoms with Crippen molar-refractivity contribution in [2.45, 2.75) is 5.03 Å². The predicted molar refractivity (Wildman–Crippen MR) is 138 cm³/mol. The standard InChI is InChI=1S/C25H29N5O4S/c1-32-20-7-5-4-6-19(20)29-12-14-30(15-13-29)24-25(27-11-10-26-24)35-17-23(31)28-18-8-9-21(33-2)22(16-18)34-3/h4-11,16H,12-15,17H2,1-3H3,(H,28,31). The summed E-state index contributed by atoms with van der Waals surface area (Å²) in [7, 11) is 4.83. The summed E-state index contributed by atoms with van der Waals surface area (Å²) in [6.07, 6.45) is 3.35. The van der Waals surface area contributed by atoms with Gasteiger partial charge in [-0.15, -0.1) is 0 Å². The van der Waals surface area contributed by atoms with Gasteiger partial charge in [0.05, 0.1) is 32.8 Å². The molecule has 184 valence electrons. The van der Waals surface area contributed by atoms with Crippen LogP contribution < -0.4 is 29.3 Å². The maximum atomic E-state index is 12.6. The molecule has 0 atom stereocenters. The molecule has 0 spiro atoms. The zero-order valence-corrected chi connectivity index (χ0v) is 20.9. The molecule has 4 rings (SSSR count). The molecule has 0 radical (unpaired) electrons. The fourth-order valence-corrected chi connectivity index (χ4v) is 4.72. The Kier molecular flexibility index (Phi) is 8.15. The number of piperazine rings is 1. The van der Waals surface area contributed by atoms with Gasteiger partial charge in [-0.3, -0.25) is 4.79 Å². The average Bonchev–Trinajstić information content (AvgIpc) is 2.92. The lowest BCUT2D eigenvalue weighted by Crippen LogP contribution is -2.47. The molecule has 9 nitrogen and oxygen atoms in total. The van der Waals surface area contributed by atoms with Crippen molar-refractivity contribution in [3.05, 3.63) is 54.9 Å². The molecule has 0 bridgehead atoms. The van der Waals surface area contributed by atoms with Crippen molar-refractivity contribution in [2.24, 2.45) is 0 Å². The molecule has 35 heavy (non-hydrogen) atoms. The smallest absolute Gasteiger partial charge is 0.234 e. The van der Waals surface area contributed by atoms with Crippen LogP contribution in [0.4, 0.5) is 17.2 Å². The Morgan fingerprint density at radius 1 is 0.886 bits per heavy atom. The lowest BCUT2D eigenvalue weighted by molar-refractivity contribution is -0.113. The number of para-hydroxylation sites is 2. The first-order chi connectivity index (χ1) is 17.1. The molecular weight excluding hydrogens is 466 g/mol. The number of aromatic nitrogens is 2. The van der Waals surface area contributed by atoms with Crippen LogP contribution in [0.3, 0.4) is 0 Å². The number of rotatable bonds is 9. The van der Waals surface area contributed by atoms with Crippen molar-refractivity contribution in [1.29, 1.82) is 0 Å². The van der Waals surface area contributed by atoms with E-state index in [4.69, 9.17) is 14.2 Å². The summed E-state index contributed by atoms with van der Waals surface area (Å²) in [6.45, 7) is 3.26. The van der Waals surface area contributed by atoms with Crippen LogP contribution >= 0.6 is 11.8 Å². The molecule has 0 aliphatic carbocycles. The van der Waals surface area contributed by atoms with Gasteiger partial charge in [0.25, 0.3) is 0 Å². The first-order valence-electron chi connectivity index (χ1n) is 11.2. The fourth-order valence-electron chi connectivity index (χ4n) is 3.93. The highest BCUT2D eigenvalue weighted by Crippen LogP contribution is 2.32. The Bertz CT molecular complexity index is 1150. The van der Waals surface area contributed by atoms with Gasteiger partial charge in [0, 0.05) is 50.3 Å². The molecule has 1 amide bonds. The van der Waals surface area contributed by atoms with Crippen LogP contribution in [-0.4, -0.2) is 69.1 Å². The number of nitrogens with one attached hydrogen (secondary N) is 1. The fraction of sp³-hybridized carbons (Fsp3) is 0.320. The lowest BCUT2D eigenvalue weighted by Gasteiger charge is -2.37. The van der Waals surface area contributed by atoms with E-state index in [0.717, 1.165) is 48.5 Å². The molecule has 1 aromatic heterocycles. The first-order valence-corrected chi connectivity index (χ1v) is 12.2. The van der Waals surface area contributed by atoms with Crippen LogP contribution in [0, 0.1) is 0 Å². The minimum Gasteiger partial charge on any atom is -0.495 e. The number of thioether (sulfide) groups is 1. The maximum Gasteiger partial charge on any atom is 0.234 e. The second kappa shape index (κ2) is 11.7. The van der Waals surface area contributed by atoms with Crippen LogP contribution in [0.15, 0.2) is 59.9 Å². The van der Waals surface area contributed by atoms with Crippen molar-refractivity contribution in [2.75, 3.05) is 68.4 Å². The molecule has 1 N–H and O–H groups in total. The summed E-state index contributed by atoms with van der Waals surface area (Å²) in [5.74, 6) is 2.91. The number of nitrogens with zero attached hydrogens (tertiary/aromatic N) is 4. The first kappa shape index (κ1) is 24.5. The predicted octanol–water partition coefficient (Wildman–Crippen LogP) is 3.56. The largest absolute Gasteiger partial charge is 0.495 e. The molecule has 0 saturated carbocycles. The number of benzene rings is 2. The van der Waals surface area contributed by atoms with Crippen LogP contribution in [-0.2, 0) is 4.79 Å². The quantitative estimate of drug-likeness (QED) is 0.448. The van der Waals surface area contributed by atoms with Crippen molar-refractivity contribution in [1.82, 2.24) is 9.97 Å². The van der Waals surface area contributed by atoms with Gasteiger partial charge >= 0.3 is 0 Å². The molecule has 0 unspecified atom stereocenters. The van der Waals surface area contributed by atoms with E-state index in [0.29, 0.717) is 17.2 Å². The highest BCUT2D eigenvalue weighted by molar-refractivity contribution is 8.00. The molecule has 1 fully saturated rings. The Morgan fingerprint density at radius 3 is 2.31 bits per heavy atom. The lowest BCUT2D eigenvalue weighted by atomic mass is 10.2. The molecular formula is C25H29N5O4S. The minimum absolute atomic E-state index is 0.139. The van der Waals surface area contributed by atoms with E-state index in [1.54, 1.807) is 51.9 Å². The van der Waals surface area contributed by atoms with Gasteiger partial charge in [0.1, 0.15) is 10.8 Å². The summed E-state index contributed by atoms with van der Waals surface area (Å²) >= 11 is 1.37. The van der Waals surface area contributed by atoms with E-state index in [9.17, 15) is 4.79 Å². The topological polar surface area (TPSA) is 89.0 Å². The Balaban J connectivity index is 1.36. The highest BCUT2D eigenvalue weighted by atomic mass is 32.2. The number of hydrogen-bond acceptors (Lipinski definition) is 9. The average molecular weight is 496 g/mol. The zero-order valence-electron chi connectivity index (χ0n) is 20.1. The number of carbonyl (C=O) groups excluding carboxylic acids is 1. The van der Waals surface area contributed by atoms with Crippen molar-refractivity contribution in [3.63, 3.8) is 0 Å². The van der Waals surface area contributed by atoms with Crippen LogP contribution in [0.25, 0.3) is 0 Å². The normalized spacial score (nSPS) is 13.3. The maximum absolute atomic E-state index is 12.6. The number of amides is 1. The second-order valence-corrected chi connectivity index (χ2v) is 8.70. The molecule has 2 aromatic carbocycles. The van der Waals surface area contributed by atoms with Gasteiger partial charge in [-0.05, 0) is 24.3 Å². The number of methoxy groups -OCH3 is 3. The van der Waals surface area contributed by atoms with E-state index in [1.807, 2.05) is 18.2 Å². The molecule has 10 heteroatoms. The van der Waals surface area contributed by atoms with E-state index < -0.39 is 0 Å². The summed E-state index contributed by atoms with van der Waals surface area (Å²) in [6, 6.07) is 13.3.